The van der Waals surface area contributed by atoms with Gasteiger partial charge in [-0.25, -0.2) is 0 Å². The van der Waals surface area contributed by atoms with E-state index in [9.17, 15) is 4.79 Å². The highest BCUT2D eigenvalue weighted by molar-refractivity contribution is 6.30. The summed E-state index contributed by atoms with van der Waals surface area (Å²) < 4.78 is 0. The second-order valence-corrected chi connectivity index (χ2v) is 4.58. The number of hydrogen-bond acceptors (Lipinski definition) is 2. The molecule has 0 radical (unpaired) electrons. The fraction of sp³-hybridized carbons (Fsp3) is 0.417. The van der Waals surface area contributed by atoms with Gasteiger partial charge in [0.05, 0.1) is 0 Å². The zero-order chi connectivity index (χ0) is 11.7. The third-order valence-electron chi connectivity index (χ3n) is 3.12. The van der Waals surface area contributed by atoms with Crippen LogP contribution in [0.25, 0.3) is 0 Å². The molecule has 1 aliphatic heterocycles. The van der Waals surface area contributed by atoms with Crippen LogP contribution in [0, 0.1) is 0 Å². The van der Waals surface area contributed by atoms with E-state index in [0.717, 1.165) is 18.5 Å². The predicted octanol–water partition coefficient (Wildman–Crippen LogP) is 2.17. The maximum Gasteiger partial charge on any atom is 0.320 e. The molecule has 16 heavy (non-hydrogen) atoms. The van der Waals surface area contributed by atoms with Crippen molar-refractivity contribution in [1.82, 2.24) is 4.90 Å². The Kier molecular flexibility index (Phi) is 3.17. The van der Waals surface area contributed by atoms with Crippen LogP contribution in [0.2, 0.25) is 5.02 Å². The van der Waals surface area contributed by atoms with Gasteiger partial charge in [-0.2, -0.15) is 0 Å². The third kappa shape index (κ3) is 2.20. The molecule has 0 saturated heterocycles. The lowest BCUT2D eigenvalue weighted by atomic mass is 9.99. The van der Waals surface area contributed by atoms with Crippen molar-refractivity contribution in [3.8, 4) is 0 Å². The minimum absolute atomic E-state index is 0.438. The van der Waals surface area contributed by atoms with Crippen LogP contribution in [-0.4, -0.2) is 28.6 Å². The zero-order valence-electron chi connectivity index (χ0n) is 9.11. The highest BCUT2D eigenvalue weighted by atomic mass is 35.5. The van der Waals surface area contributed by atoms with Crippen molar-refractivity contribution in [3.63, 3.8) is 0 Å². The van der Waals surface area contributed by atoms with E-state index in [1.807, 2.05) is 23.1 Å². The van der Waals surface area contributed by atoms with E-state index in [1.165, 1.54) is 5.56 Å². The third-order valence-corrected chi connectivity index (χ3v) is 3.35. The summed E-state index contributed by atoms with van der Waals surface area (Å²) in [6.07, 6.45) is 0.893. The van der Waals surface area contributed by atoms with E-state index in [0.29, 0.717) is 11.6 Å². The highest BCUT2D eigenvalue weighted by Crippen LogP contribution is 2.23. The summed E-state index contributed by atoms with van der Waals surface area (Å²) in [6.45, 7) is 3.18. The second kappa shape index (κ2) is 4.44. The largest absolute Gasteiger partial charge is 0.480 e. The van der Waals surface area contributed by atoms with Gasteiger partial charge in [-0.15, -0.1) is 0 Å². The van der Waals surface area contributed by atoms with Gasteiger partial charge < -0.3 is 5.11 Å². The first-order valence-electron chi connectivity index (χ1n) is 5.32. The number of benzene rings is 1. The number of rotatable bonds is 2. The zero-order valence-corrected chi connectivity index (χ0v) is 9.87. The summed E-state index contributed by atoms with van der Waals surface area (Å²) in [5, 5.41) is 9.68. The van der Waals surface area contributed by atoms with Crippen LogP contribution in [0.3, 0.4) is 0 Å². The van der Waals surface area contributed by atoms with Gasteiger partial charge in [0, 0.05) is 18.1 Å². The summed E-state index contributed by atoms with van der Waals surface area (Å²) in [5.41, 5.74) is 2.42. The number of fused-ring (bicyclic) bond motifs is 1. The van der Waals surface area contributed by atoms with E-state index in [2.05, 4.69) is 0 Å². The molecule has 1 atom stereocenters. The Labute approximate surface area is 99.6 Å². The molecule has 1 aliphatic rings. The van der Waals surface area contributed by atoms with Gasteiger partial charge in [-0.3, -0.25) is 9.69 Å². The molecule has 0 spiro atoms. The Morgan fingerprint density at radius 2 is 2.25 bits per heavy atom. The molecule has 1 heterocycles. The predicted molar refractivity (Wildman–Crippen MR) is 62.7 cm³/mol. The topological polar surface area (TPSA) is 40.5 Å². The quantitative estimate of drug-likeness (QED) is 0.860. The molecule has 1 aromatic rings. The first-order valence-corrected chi connectivity index (χ1v) is 5.70. The molecule has 0 aromatic heterocycles. The maximum absolute atomic E-state index is 10.9. The smallest absolute Gasteiger partial charge is 0.320 e. The molecule has 86 valence electrons. The number of hydrogen-bond donors (Lipinski definition) is 1. The van der Waals surface area contributed by atoms with Crippen LogP contribution in [0.5, 0.6) is 0 Å². The van der Waals surface area contributed by atoms with Crippen LogP contribution >= 0.6 is 11.6 Å². The number of halogens is 1. The molecule has 0 aliphatic carbocycles. The van der Waals surface area contributed by atoms with Gasteiger partial charge in [0.25, 0.3) is 0 Å². The minimum atomic E-state index is -0.773. The number of aliphatic carboxylic acids is 1. The lowest BCUT2D eigenvalue weighted by molar-refractivity contribution is -0.143. The van der Waals surface area contributed by atoms with E-state index in [-0.39, 0.29) is 0 Å². The molecule has 0 amide bonds. The average molecular weight is 240 g/mol. The average Bonchev–Trinajstić information content (AvgIpc) is 2.26. The molecule has 0 bridgehead atoms. The van der Waals surface area contributed by atoms with Crippen LogP contribution < -0.4 is 0 Å². The Balaban J connectivity index is 2.19. The van der Waals surface area contributed by atoms with Gasteiger partial charge in [0.2, 0.25) is 0 Å². The van der Waals surface area contributed by atoms with Crippen molar-refractivity contribution < 1.29 is 9.90 Å². The first kappa shape index (κ1) is 11.4. The molecule has 1 aromatic carbocycles. The second-order valence-electron chi connectivity index (χ2n) is 4.15. The standard InChI is InChI=1S/C12H14ClNO2/c1-8(12(15)16)14-5-4-9-2-3-11(13)6-10(9)7-14/h2-3,6,8H,4-5,7H2,1H3,(H,15,16). The SMILES string of the molecule is CC(C(=O)O)N1CCc2ccc(Cl)cc2C1. The number of nitrogens with zero attached hydrogens (tertiary/aromatic N) is 1. The van der Waals surface area contributed by atoms with Crippen LogP contribution in [-0.2, 0) is 17.8 Å². The van der Waals surface area contributed by atoms with E-state index < -0.39 is 12.0 Å². The summed E-state index contributed by atoms with van der Waals surface area (Å²) >= 11 is 5.93. The Hall–Kier alpha value is -1.06. The van der Waals surface area contributed by atoms with Gasteiger partial charge in [-0.05, 0) is 36.6 Å². The lowest BCUT2D eigenvalue weighted by Crippen LogP contribution is -2.42. The van der Waals surface area contributed by atoms with Crippen molar-refractivity contribution in [1.29, 1.82) is 0 Å². The molecule has 1 N–H and O–H groups in total. The molecule has 4 heteroatoms. The Morgan fingerprint density at radius 3 is 2.94 bits per heavy atom. The van der Waals surface area contributed by atoms with Crippen molar-refractivity contribution in [2.24, 2.45) is 0 Å². The molecular formula is C12H14ClNO2. The number of carboxylic acid groups (broad SMARTS) is 1. The van der Waals surface area contributed by atoms with Gasteiger partial charge in [0.15, 0.2) is 0 Å². The number of carbonyl (C=O) groups is 1. The molecule has 3 nitrogen and oxygen atoms in total. The lowest BCUT2D eigenvalue weighted by Gasteiger charge is -2.31. The Morgan fingerprint density at radius 1 is 1.50 bits per heavy atom. The minimum Gasteiger partial charge on any atom is -0.480 e. The summed E-state index contributed by atoms with van der Waals surface area (Å²) in [4.78, 5) is 12.9. The monoisotopic (exact) mass is 239 g/mol. The van der Waals surface area contributed by atoms with Gasteiger partial charge >= 0.3 is 5.97 Å². The summed E-state index contributed by atoms with van der Waals surface area (Å²) in [7, 11) is 0. The van der Waals surface area contributed by atoms with Crippen molar-refractivity contribution in [2.75, 3.05) is 6.54 Å². The molecular weight excluding hydrogens is 226 g/mol. The molecule has 0 saturated carbocycles. The summed E-state index contributed by atoms with van der Waals surface area (Å²) in [6, 6.07) is 5.40. The van der Waals surface area contributed by atoms with Gasteiger partial charge in [0.1, 0.15) is 6.04 Å². The van der Waals surface area contributed by atoms with E-state index in [4.69, 9.17) is 16.7 Å². The van der Waals surface area contributed by atoms with Crippen molar-refractivity contribution in [2.45, 2.75) is 25.9 Å². The molecule has 2 rings (SSSR count). The van der Waals surface area contributed by atoms with Crippen LogP contribution in [0.4, 0.5) is 0 Å². The Bertz CT molecular complexity index is 419. The van der Waals surface area contributed by atoms with E-state index in [1.54, 1.807) is 6.92 Å². The highest BCUT2D eigenvalue weighted by Gasteiger charge is 2.24. The van der Waals surface area contributed by atoms with Crippen LogP contribution in [0.1, 0.15) is 18.1 Å². The normalized spacial score (nSPS) is 17.9. The van der Waals surface area contributed by atoms with Crippen molar-refractivity contribution in [3.05, 3.63) is 34.3 Å². The number of carboxylic acids is 1. The van der Waals surface area contributed by atoms with Crippen molar-refractivity contribution >= 4 is 17.6 Å². The fourth-order valence-corrected chi connectivity index (χ4v) is 2.23. The van der Waals surface area contributed by atoms with Crippen LogP contribution in [0.15, 0.2) is 18.2 Å². The molecule has 0 fully saturated rings. The van der Waals surface area contributed by atoms with E-state index >= 15 is 0 Å². The fourth-order valence-electron chi connectivity index (χ4n) is 2.03. The first-order chi connectivity index (χ1) is 7.58. The maximum atomic E-state index is 10.9. The molecule has 1 unspecified atom stereocenters. The van der Waals surface area contributed by atoms with Gasteiger partial charge in [-0.1, -0.05) is 17.7 Å². The summed E-state index contributed by atoms with van der Waals surface area (Å²) in [5.74, 6) is -0.773.